The van der Waals surface area contributed by atoms with Crippen LogP contribution in [0.1, 0.15) is 44.8 Å². The Morgan fingerprint density at radius 2 is 1.96 bits per heavy atom. The van der Waals surface area contributed by atoms with Crippen molar-refractivity contribution in [3.8, 4) is 0 Å². The molecule has 0 aliphatic rings. The van der Waals surface area contributed by atoms with Crippen molar-refractivity contribution in [1.29, 1.82) is 0 Å². The highest BCUT2D eigenvalue weighted by atomic mass is 32.2. The zero-order valence-corrected chi connectivity index (χ0v) is 16.3. The van der Waals surface area contributed by atoms with E-state index in [0.29, 0.717) is 10.6 Å². The van der Waals surface area contributed by atoms with Crippen LogP contribution < -0.4 is 5.73 Å². The van der Waals surface area contributed by atoms with Crippen molar-refractivity contribution in [2.24, 2.45) is 5.73 Å². The first-order valence-corrected chi connectivity index (χ1v) is 9.69. The van der Waals surface area contributed by atoms with Crippen LogP contribution in [0.2, 0.25) is 0 Å². The van der Waals surface area contributed by atoms with Gasteiger partial charge >= 0.3 is 5.97 Å². The van der Waals surface area contributed by atoms with E-state index in [1.54, 1.807) is 11.3 Å². The number of nitrogens with two attached hydrogens (primary N) is 1. The van der Waals surface area contributed by atoms with Gasteiger partial charge in [-0.15, -0.1) is 11.3 Å². The van der Waals surface area contributed by atoms with Gasteiger partial charge in [-0.3, -0.25) is 9.59 Å². The molecule has 0 saturated carbocycles. The molecule has 0 spiro atoms. The monoisotopic (exact) mass is 379 g/mol. The fourth-order valence-corrected chi connectivity index (χ4v) is 3.87. The second-order valence-corrected chi connectivity index (χ2v) is 7.43. The highest BCUT2D eigenvalue weighted by Gasteiger charge is 2.18. The van der Waals surface area contributed by atoms with Gasteiger partial charge in [-0.05, 0) is 38.3 Å². The molecule has 1 amide bonds. The van der Waals surface area contributed by atoms with Gasteiger partial charge in [0.1, 0.15) is 11.6 Å². The number of hydrogen-bond donors (Lipinski definition) is 1. The predicted octanol–water partition coefficient (Wildman–Crippen LogP) is 2.96. The Balaban J connectivity index is 2.00. The number of carbonyl (C=O) groups excluding carboxylic acids is 2. The number of aromatic nitrogens is 2. The number of primary amides is 1. The maximum Gasteiger partial charge on any atom is 0.316 e. The Kier molecular flexibility index (Phi) is 6.55. The summed E-state index contributed by atoms with van der Waals surface area (Å²) in [6, 6.07) is 0. The van der Waals surface area contributed by atoms with E-state index in [2.05, 4.69) is 9.97 Å². The van der Waals surface area contributed by atoms with Gasteiger partial charge < -0.3 is 10.5 Å². The van der Waals surface area contributed by atoms with Crippen LogP contribution in [0.3, 0.4) is 0 Å². The molecule has 2 N–H and O–H groups in total. The van der Waals surface area contributed by atoms with Crippen molar-refractivity contribution in [1.82, 2.24) is 9.97 Å². The molecule has 0 atom stereocenters. The first-order valence-electron chi connectivity index (χ1n) is 7.82. The second-order valence-electron chi connectivity index (χ2n) is 5.53. The Labute approximate surface area is 155 Å². The van der Waals surface area contributed by atoms with E-state index in [1.807, 2.05) is 33.1 Å². The lowest BCUT2D eigenvalue weighted by molar-refractivity contribution is -0.141. The lowest BCUT2D eigenvalue weighted by Gasteiger charge is -2.13. The van der Waals surface area contributed by atoms with Crippen LogP contribution in [0.4, 0.5) is 0 Å². The molecule has 0 aliphatic heterocycles. The van der Waals surface area contributed by atoms with Crippen LogP contribution in [0.25, 0.3) is 0 Å². The average Bonchev–Trinajstić information content (AvgIpc) is 3.03. The van der Waals surface area contributed by atoms with E-state index in [1.165, 1.54) is 0 Å². The van der Waals surface area contributed by atoms with Gasteiger partial charge in [-0.2, -0.15) is 0 Å². The van der Waals surface area contributed by atoms with Crippen molar-refractivity contribution >= 4 is 35.0 Å². The molecular weight excluding hydrogens is 358 g/mol. The molecule has 2 rings (SSSR count). The Morgan fingerprint density at radius 1 is 1.24 bits per heavy atom. The number of aryl methyl sites for hydroxylation is 2. The third kappa shape index (κ3) is 4.79. The van der Waals surface area contributed by atoms with E-state index in [0.717, 1.165) is 45.7 Å². The molecule has 25 heavy (non-hydrogen) atoms. The molecule has 0 unspecified atom stereocenters. The van der Waals surface area contributed by atoms with Crippen molar-refractivity contribution in [2.45, 2.75) is 45.7 Å². The molecule has 8 heteroatoms. The van der Waals surface area contributed by atoms with Crippen molar-refractivity contribution in [2.75, 3.05) is 5.75 Å². The minimum atomic E-state index is -0.543. The molecule has 0 aliphatic carbocycles. The van der Waals surface area contributed by atoms with Crippen molar-refractivity contribution in [3.05, 3.63) is 38.5 Å². The summed E-state index contributed by atoms with van der Waals surface area (Å²) in [5.74, 6) is -0.873. The molecule has 2 aromatic heterocycles. The highest BCUT2D eigenvalue weighted by Crippen LogP contribution is 2.27. The number of hydrogen-bond acceptors (Lipinski definition) is 7. The predicted molar refractivity (Wildman–Crippen MR) is 99.0 cm³/mol. The molecule has 0 radical (unpaired) electrons. The first-order chi connectivity index (χ1) is 11.8. The summed E-state index contributed by atoms with van der Waals surface area (Å²) in [6.45, 7) is 7.77. The number of thiazole rings is 1. The number of thioether (sulfide) groups is 1. The molecule has 2 heterocycles. The summed E-state index contributed by atoms with van der Waals surface area (Å²) in [5, 5.41) is 3.37. The Bertz CT molecular complexity index is 803. The van der Waals surface area contributed by atoms with Gasteiger partial charge in [0.15, 0.2) is 0 Å². The topological polar surface area (TPSA) is 95.2 Å². The summed E-state index contributed by atoms with van der Waals surface area (Å²) >= 11 is 2.71. The quantitative estimate of drug-likeness (QED) is 0.587. The molecule has 0 aromatic carbocycles. The van der Waals surface area contributed by atoms with Crippen LogP contribution in [-0.4, -0.2) is 27.6 Å². The van der Waals surface area contributed by atoms with Crippen LogP contribution in [-0.2, 0) is 22.6 Å². The van der Waals surface area contributed by atoms with E-state index in [9.17, 15) is 9.59 Å². The highest BCUT2D eigenvalue weighted by molar-refractivity contribution is 8.00. The lowest BCUT2D eigenvalue weighted by atomic mass is 10.0. The third-order valence-corrected chi connectivity index (χ3v) is 5.81. The molecule has 134 valence electrons. The van der Waals surface area contributed by atoms with Crippen molar-refractivity contribution in [3.63, 3.8) is 0 Å². The van der Waals surface area contributed by atoms with Gasteiger partial charge in [0.2, 0.25) is 0 Å². The average molecular weight is 380 g/mol. The summed E-state index contributed by atoms with van der Waals surface area (Å²) in [5.41, 5.74) is 9.13. The molecule has 6 nitrogen and oxygen atoms in total. The number of pyridine rings is 1. The molecular formula is C17H21N3O3S2. The standard InChI is InChI=1S/C17H21N3O3S2/c1-5-13-20-12(7-24-13)6-23-14(21)8-25-17-15(16(18)22)10(3)9(2)11(4)19-17/h7H,5-6,8H2,1-4H3,(H2,18,22). The van der Waals surface area contributed by atoms with E-state index in [-0.39, 0.29) is 18.3 Å². The van der Waals surface area contributed by atoms with E-state index < -0.39 is 5.91 Å². The van der Waals surface area contributed by atoms with Gasteiger partial charge in [-0.1, -0.05) is 18.7 Å². The Morgan fingerprint density at radius 3 is 2.56 bits per heavy atom. The summed E-state index contributed by atoms with van der Waals surface area (Å²) in [6.07, 6.45) is 0.863. The van der Waals surface area contributed by atoms with E-state index in [4.69, 9.17) is 10.5 Å². The van der Waals surface area contributed by atoms with Crippen LogP contribution >= 0.6 is 23.1 Å². The van der Waals surface area contributed by atoms with Crippen molar-refractivity contribution < 1.29 is 14.3 Å². The molecule has 0 bridgehead atoms. The zero-order chi connectivity index (χ0) is 18.6. The summed E-state index contributed by atoms with van der Waals surface area (Å²) < 4.78 is 5.23. The van der Waals surface area contributed by atoms with Gasteiger partial charge in [-0.25, -0.2) is 9.97 Å². The van der Waals surface area contributed by atoms with Gasteiger partial charge in [0.25, 0.3) is 5.91 Å². The lowest BCUT2D eigenvalue weighted by Crippen LogP contribution is -2.17. The number of ether oxygens (including phenoxy) is 1. The maximum absolute atomic E-state index is 12.0. The number of esters is 1. The SMILES string of the molecule is CCc1nc(COC(=O)CSc2nc(C)c(C)c(C)c2C(N)=O)cs1. The largest absolute Gasteiger partial charge is 0.459 e. The fraction of sp³-hybridized carbons (Fsp3) is 0.412. The van der Waals surface area contributed by atoms with E-state index >= 15 is 0 Å². The summed E-state index contributed by atoms with van der Waals surface area (Å²) in [7, 11) is 0. The number of rotatable bonds is 7. The van der Waals surface area contributed by atoms with Crippen LogP contribution in [0, 0.1) is 20.8 Å². The number of carbonyl (C=O) groups is 2. The Hall–Kier alpha value is -1.93. The zero-order valence-electron chi connectivity index (χ0n) is 14.7. The third-order valence-electron chi connectivity index (χ3n) is 3.82. The molecule has 0 fully saturated rings. The van der Waals surface area contributed by atoms with Gasteiger partial charge in [0, 0.05) is 11.1 Å². The van der Waals surface area contributed by atoms with Crippen LogP contribution in [0.5, 0.6) is 0 Å². The molecule has 2 aromatic rings. The maximum atomic E-state index is 12.0. The molecule has 0 saturated heterocycles. The normalized spacial score (nSPS) is 10.7. The smallest absolute Gasteiger partial charge is 0.316 e. The minimum Gasteiger partial charge on any atom is -0.459 e. The number of nitrogens with zero attached hydrogens (tertiary/aromatic N) is 2. The fourth-order valence-electron chi connectivity index (χ4n) is 2.21. The minimum absolute atomic E-state index is 0.0555. The number of amides is 1. The second kappa shape index (κ2) is 8.44. The van der Waals surface area contributed by atoms with Crippen LogP contribution in [0.15, 0.2) is 10.4 Å². The summed E-state index contributed by atoms with van der Waals surface area (Å²) in [4.78, 5) is 32.5. The van der Waals surface area contributed by atoms with Gasteiger partial charge in [0.05, 0.1) is 22.0 Å². The first kappa shape index (κ1) is 19.4.